The topological polar surface area (TPSA) is 37.3 Å². The molecule has 0 unspecified atom stereocenters. The van der Waals surface area contributed by atoms with Gasteiger partial charge in [-0.3, -0.25) is 0 Å². The van der Waals surface area contributed by atoms with Crippen molar-refractivity contribution in [3.63, 3.8) is 0 Å². The molecule has 0 aliphatic carbocycles. The SMILES string of the molecule is Cc1ccc(-c2ccsc2C(=O)O)cc1F. The van der Waals surface area contributed by atoms with Gasteiger partial charge in [-0.1, -0.05) is 12.1 Å². The second-order valence-corrected chi connectivity index (χ2v) is 4.35. The van der Waals surface area contributed by atoms with E-state index >= 15 is 0 Å². The van der Waals surface area contributed by atoms with Crippen molar-refractivity contribution in [2.45, 2.75) is 6.92 Å². The first kappa shape index (κ1) is 10.8. The fourth-order valence-electron chi connectivity index (χ4n) is 1.46. The van der Waals surface area contributed by atoms with Gasteiger partial charge in [0.25, 0.3) is 0 Å². The van der Waals surface area contributed by atoms with Gasteiger partial charge in [-0.15, -0.1) is 11.3 Å². The van der Waals surface area contributed by atoms with Crippen LogP contribution in [-0.4, -0.2) is 11.1 Å². The number of carboxylic acids is 1. The van der Waals surface area contributed by atoms with E-state index in [1.165, 1.54) is 6.07 Å². The predicted octanol–water partition coefficient (Wildman–Crippen LogP) is 3.56. The van der Waals surface area contributed by atoms with Gasteiger partial charge in [-0.2, -0.15) is 0 Å². The Balaban J connectivity index is 2.54. The molecule has 16 heavy (non-hydrogen) atoms. The van der Waals surface area contributed by atoms with Crippen molar-refractivity contribution >= 4 is 17.3 Å². The molecule has 0 atom stereocenters. The Bertz CT molecular complexity index is 546. The number of hydrogen-bond acceptors (Lipinski definition) is 2. The summed E-state index contributed by atoms with van der Waals surface area (Å²) in [5.74, 6) is -1.30. The summed E-state index contributed by atoms with van der Waals surface area (Å²) in [6.07, 6.45) is 0. The fourth-order valence-corrected chi connectivity index (χ4v) is 2.22. The number of carboxylic acid groups (broad SMARTS) is 1. The maximum atomic E-state index is 13.4. The van der Waals surface area contributed by atoms with E-state index in [1.54, 1.807) is 30.5 Å². The van der Waals surface area contributed by atoms with Crippen LogP contribution in [0.3, 0.4) is 0 Å². The largest absolute Gasteiger partial charge is 0.477 e. The monoisotopic (exact) mass is 236 g/mol. The number of rotatable bonds is 2. The van der Waals surface area contributed by atoms with E-state index in [0.29, 0.717) is 16.7 Å². The molecule has 0 bridgehead atoms. The molecule has 82 valence electrons. The molecule has 2 rings (SSSR count). The highest BCUT2D eigenvalue weighted by molar-refractivity contribution is 7.12. The van der Waals surface area contributed by atoms with Crippen LogP contribution in [0, 0.1) is 12.7 Å². The lowest BCUT2D eigenvalue weighted by atomic mass is 10.0. The summed E-state index contributed by atoms with van der Waals surface area (Å²) in [5.41, 5.74) is 1.72. The zero-order valence-corrected chi connectivity index (χ0v) is 9.34. The van der Waals surface area contributed by atoms with E-state index in [2.05, 4.69) is 0 Å². The fraction of sp³-hybridized carbons (Fsp3) is 0.0833. The van der Waals surface area contributed by atoms with Crippen molar-refractivity contribution in [2.75, 3.05) is 0 Å². The number of carbonyl (C=O) groups is 1. The van der Waals surface area contributed by atoms with Crippen LogP contribution in [-0.2, 0) is 0 Å². The molecule has 0 radical (unpaired) electrons. The van der Waals surface area contributed by atoms with Gasteiger partial charge in [0.15, 0.2) is 0 Å². The first-order chi connectivity index (χ1) is 7.59. The van der Waals surface area contributed by atoms with Crippen molar-refractivity contribution in [2.24, 2.45) is 0 Å². The molecule has 0 aliphatic rings. The van der Waals surface area contributed by atoms with E-state index in [4.69, 9.17) is 5.11 Å². The third kappa shape index (κ3) is 1.84. The van der Waals surface area contributed by atoms with Crippen LogP contribution in [0.1, 0.15) is 15.2 Å². The summed E-state index contributed by atoms with van der Waals surface area (Å²) >= 11 is 1.14. The second-order valence-electron chi connectivity index (χ2n) is 3.43. The van der Waals surface area contributed by atoms with Gasteiger partial charge >= 0.3 is 5.97 Å². The minimum absolute atomic E-state index is 0.239. The van der Waals surface area contributed by atoms with E-state index in [0.717, 1.165) is 11.3 Å². The number of aromatic carboxylic acids is 1. The Morgan fingerprint density at radius 3 is 2.75 bits per heavy atom. The Kier molecular flexibility index (Phi) is 2.75. The number of aryl methyl sites for hydroxylation is 1. The van der Waals surface area contributed by atoms with Gasteiger partial charge in [0.05, 0.1) is 0 Å². The van der Waals surface area contributed by atoms with Crippen LogP contribution in [0.4, 0.5) is 4.39 Å². The van der Waals surface area contributed by atoms with Crippen molar-refractivity contribution in [3.05, 3.63) is 45.9 Å². The highest BCUT2D eigenvalue weighted by Crippen LogP contribution is 2.29. The second kappa shape index (κ2) is 4.06. The zero-order chi connectivity index (χ0) is 11.7. The lowest BCUT2D eigenvalue weighted by Crippen LogP contribution is -1.95. The molecule has 4 heteroatoms. The summed E-state index contributed by atoms with van der Waals surface area (Å²) in [7, 11) is 0. The molecule has 1 N–H and O–H groups in total. The summed E-state index contributed by atoms with van der Waals surface area (Å²) in [6.45, 7) is 1.67. The molecule has 1 aromatic heterocycles. The number of thiophene rings is 1. The Morgan fingerprint density at radius 2 is 2.12 bits per heavy atom. The van der Waals surface area contributed by atoms with Gasteiger partial charge in [0.1, 0.15) is 10.7 Å². The van der Waals surface area contributed by atoms with Gasteiger partial charge in [-0.05, 0) is 35.6 Å². The average Bonchev–Trinajstić information content (AvgIpc) is 2.71. The van der Waals surface area contributed by atoms with Gasteiger partial charge in [0, 0.05) is 5.56 Å². The molecule has 2 nitrogen and oxygen atoms in total. The van der Waals surface area contributed by atoms with Gasteiger partial charge < -0.3 is 5.11 Å². The summed E-state index contributed by atoms with van der Waals surface area (Å²) in [4.78, 5) is 11.2. The molecule has 0 aliphatic heterocycles. The zero-order valence-electron chi connectivity index (χ0n) is 8.53. The normalized spacial score (nSPS) is 10.4. The predicted molar refractivity (Wildman–Crippen MR) is 61.4 cm³/mol. The van der Waals surface area contributed by atoms with Crippen LogP contribution < -0.4 is 0 Å². The van der Waals surface area contributed by atoms with Crippen LogP contribution in [0.25, 0.3) is 11.1 Å². The third-order valence-corrected chi connectivity index (χ3v) is 3.24. The minimum atomic E-state index is -0.981. The summed E-state index contributed by atoms with van der Waals surface area (Å²) in [6, 6.07) is 6.43. The van der Waals surface area contributed by atoms with E-state index in [9.17, 15) is 9.18 Å². The lowest BCUT2D eigenvalue weighted by molar-refractivity contribution is 0.0703. The van der Waals surface area contributed by atoms with E-state index in [1.807, 2.05) is 0 Å². The lowest BCUT2D eigenvalue weighted by Gasteiger charge is -2.02. The maximum absolute atomic E-state index is 13.4. The first-order valence-electron chi connectivity index (χ1n) is 4.67. The molecule has 0 fully saturated rings. The third-order valence-electron chi connectivity index (χ3n) is 2.34. The molecule has 0 amide bonds. The molecular formula is C12H9FO2S. The van der Waals surface area contributed by atoms with Crippen molar-refractivity contribution in [1.29, 1.82) is 0 Å². The van der Waals surface area contributed by atoms with E-state index in [-0.39, 0.29) is 10.7 Å². The standard InChI is InChI=1S/C12H9FO2S/c1-7-2-3-8(6-10(7)13)9-4-5-16-11(9)12(14)15/h2-6H,1H3,(H,14,15). The number of halogens is 1. The quantitative estimate of drug-likeness (QED) is 0.865. The molecule has 0 saturated heterocycles. The van der Waals surface area contributed by atoms with Crippen LogP contribution in [0.15, 0.2) is 29.6 Å². The molecule has 1 heterocycles. The van der Waals surface area contributed by atoms with Crippen molar-refractivity contribution in [1.82, 2.24) is 0 Å². The summed E-state index contributed by atoms with van der Waals surface area (Å²) < 4.78 is 13.4. The molecule has 2 aromatic rings. The summed E-state index contributed by atoms with van der Waals surface area (Å²) in [5, 5.41) is 10.6. The number of hydrogen-bond donors (Lipinski definition) is 1. The number of benzene rings is 1. The van der Waals surface area contributed by atoms with Crippen molar-refractivity contribution in [3.8, 4) is 11.1 Å². The highest BCUT2D eigenvalue weighted by atomic mass is 32.1. The molecular weight excluding hydrogens is 227 g/mol. The molecule has 0 spiro atoms. The van der Waals surface area contributed by atoms with Gasteiger partial charge in [0.2, 0.25) is 0 Å². The highest BCUT2D eigenvalue weighted by Gasteiger charge is 2.13. The smallest absolute Gasteiger partial charge is 0.346 e. The van der Waals surface area contributed by atoms with Crippen LogP contribution >= 0.6 is 11.3 Å². The Labute approximate surface area is 96.0 Å². The Morgan fingerprint density at radius 1 is 1.38 bits per heavy atom. The van der Waals surface area contributed by atoms with Crippen LogP contribution in [0.5, 0.6) is 0 Å². The van der Waals surface area contributed by atoms with Crippen molar-refractivity contribution < 1.29 is 14.3 Å². The molecule has 1 aromatic carbocycles. The minimum Gasteiger partial charge on any atom is -0.477 e. The van der Waals surface area contributed by atoms with Gasteiger partial charge in [-0.25, -0.2) is 9.18 Å². The molecule has 0 saturated carbocycles. The maximum Gasteiger partial charge on any atom is 0.346 e. The first-order valence-corrected chi connectivity index (χ1v) is 5.55. The average molecular weight is 236 g/mol. The van der Waals surface area contributed by atoms with Crippen LogP contribution in [0.2, 0.25) is 0 Å². The Hall–Kier alpha value is -1.68. The van der Waals surface area contributed by atoms with E-state index < -0.39 is 5.97 Å².